The summed E-state index contributed by atoms with van der Waals surface area (Å²) < 4.78 is 33.5. The number of nitrogens with one attached hydrogen (secondary N) is 1. The van der Waals surface area contributed by atoms with Gasteiger partial charge in [0, 0.05) is 10.8 Å². The molecule has 0 bridgehead atoms. The van der Waals surface area contributed by atoms with E-state index in [0.717, 1.165) is 24.1 Å². The van der Waals surface area contributed by atoms with Crippen LogP contribution >= 0.6 is 16.8 Å². The van der Waals surface area contributed by atoms with E-state index in [0.29, 0.717) is 26.5 Å². The average molecular weight is 562 g/mol. The topological polar surface area (TPSA) is 211 Å². The number of aromatic amines is 1. The van der Waals surface area contributed by atoms with E-state index in [9.17, 15) is 14.5 Å². The maximum absolute atomic E-state index is 12.8. The monoisotopic (exact) mass is 562 g/mol. The molecule has 3 unspecified atom stereocenters. The second kappa shape index (κ2) is 10.3. The standard InChI is InChI=1S/C21H25N9O6P2/c22-16-11-1-3-29(17(11)25-8-24-16)14-5-10-7-37-4-2-12(36-38(33)34-6-13(10)35-14)20(32)30-9-26-15-18(30)27-21(23)28-19(15)31/h1,3,8-10,12-14,20,32,37H,2,4-7H2,(H4-,22,23,24,25,27,28,31)/p+1/t10-,12-,13?,14-,20-/m1/s1. The molecule has 6 heterocycles. The molecular formula is C21H26N9O6P2+. The van der Waals surface area contributed by atoms with Gasteiger partial charge in [-0.2, -0.15) is 4.98 Å². The van der Waals surface area contributed by atoms with Crippen molar-refractivity contribution in [2.24, 2.45) is 5.92 Å². The minimum absolute atomic E-state index is 0.0292. The lowest BCUT2D eigenvalue weighted by Crippen LogP contribution is -2.26. The number of imidazole rings is 1. The Bertz CT molecular complexity index is 1560. The van der Waals surface area contributed by atoms with Crippen LogP contribution in [-0.4, -0.2) is 70.3 Å². The highest BCUT2D eigenvalue weighted by Crippen LogP contribution is 2.42. The van der Waals surface area contributed by atoms with Crippen LogP contribution in [-0.2, 0) is 18.3 Å². The number of aromatic nitrogens is 7. The zero-order valence-electron chi connectivity index (χ0n) is 20.0. The van der Waals surface area contributed by atoms with Gasteiger partial charge in [0.25, 0.3) is 5.56 Å². The molecule has 0 amide bonds. The van der Waals surface area contributed by atoms with Crippen LogP contribution in [0.1, 0.15) is 25.3 Å². The summed E-state index contributed by atoms with van der Waals surface area (Å²) in [6.45, 7) is 0.0709. The average Bonchev–Trinajstić information content (AvgIpc) is 3.61. The van der Waals surface area contributed by atoms with E-state index in [1.807, 2.05) is 16.8 Å². The van der Waals surface area contributed by atoms with E-state index in [1.54, 1.807) is 0 Å². The van der Waals surface area contributed by atoms with E-state index >= 15 is 0 Å². The Morgan fingerprint density at radius 1 is 1.26 bits per heavy atom. The van der Waals surface area contributed by atoms with Crippen molar-refractivity contribution in [3.05, 3.63) is 35.3 Å². The zero-order chi connectivity index (χ0) is 26.4. The molecule has 38 heavy (non-hydrogen) atoms. The lowest BCUT2D eigenvalue weighted by atomic mass is 10.0. The number of hydrogen-bond acceptors (Lipinski definition) is 12. The van der Waals surface area contributed by atoms with E-state index < -0.39 is 26.1 Å². The van der Waals surface area contributed by atoms with Crippen molar-refractivity contribution in [2.45, 2.75) is 37.5 Å². The van der Waals surface area contributed by atoms with E-state index in [4.69, 9.17) is 25.3 Å². The molecule has 4 aromatic rings. The second-order valence-corrected chi connectivity index (χ2v) is 11.5. The Kier molecular flexibility index (Phi) is 6.81. The summed E-state index contributed by atoms with van der Waals surface area (Å²) in [5.41, 5.74) is 11.9. The molecule has 7 atom stereocenters. The van der Waals surface area contributed by atoms with Gasteiger partial charge in [-0.15, -0.1) is 17.6 Å². The number of aliphatic hydroxyl groups is 1. The summed E-state index contributed by atoms with van der Waals surface area (Å²) in [4.78, 5) is 31.0. The molecule has 0 saturated carbocycles. The van der Waals surface area contributed by atoms with Crippen LogP contribution in [0.4, 0.5) is 11.8 Å². The van der Waals surface area contributed by atoms with Gasteiger partial charge < -0.3 is 25.9 Å². The summed E-state index contributed by atoms with van der Waals surface area (Å²) in [6.07, 6.45) is 4.60. The number of ether oxygens (including phenoxy) is 1. The van der Waals surface area contributed by atoms with Gasteiger partial charge in [-0.3, -0.25) is 14.3 Å². The number of nitrogens with two attached hydrogens (primary N) is 2. The highest BCUT2D eigenvalue weighted by Gasteiger charge is 2.41. The van der Waals surface area contributed by atoms with Crippen molar-refractivity contribution in [1.29, 1.82) is 0 Å². The van der Waals surface area contributed by atoms with Crippen LogP contribution in [0.25, 0.3) is 22.2 Å². The molecule has 0 radical (unpaired) electrons. The number of aliphatic hydroxyl groups excluding tert-OH is 1. The minimum atomic E-state index is -2.57. The Labute approximate surface area is 217 Å². The maximum Gasteiger partial charge on any atom is 0.697 e. The number of H-pyrrole nitrogens is 1. The van der Waals surface area contributed by atoms with E-state index in [1.165, 1.54) is 17.2 Å². The summed E-state index contributed by atoms with van der Waals surface area (Å²) in [7, 11) is -2.02. The minimum Gasteiger partial charge on any atom is -0.383 e. The fourth-order valence-corrected chi connectivity index (χ4v) is 7.21. The SMILES string of the molecule is Nc1nc2c(ncn2[C@H](O)[C@H]2CCPC[C@H]3C[C@H](n4ccc5c(N)ncnc54)OC3CO[P+](=O)O2)c(=O)[nH]1. The number of rotatable bonds is 3. The zero-order valence-corrected chi connectivity index (χ0v) is 21.9. The maximum atomic E-state index is 12.8. The van der Waals surface area contributed by atoms with Crippen LogP contribution in [0.5, 0.6) is 0 Å². The Morgan fingerprint density at radius 2 is 2.13 bits per heavy atom. The van der Waals surface area contributed by atoms with E-state index in [-0.39, 0.29) is 42.0 Å². The molecular weight excluding hydrogens is 536 g/mol. The van der Waals surface area contributed by atoms with Crippen molar-refractivity contribution in [1.82, 2.24) is 34.1 Å². The first-order valence-corrected chi connectivity index (χ1v) is 14.5. The number of nitrogen functional groups attached to an aromatic ring is 2. The first kappa shape index (κ1) is 25.2. The molecule has 0 aliphatic carbocycles. The third kappa shape index (κ3) is 4.66. The van der Waals surface area contributed by atoms with Gasteiger partial charge in [0.1, 0.15) is 30.6 Å². The van der Waals surface area contributed by atoms with Crippen LogP contribution in [0, 0.1) is 5.92 Å². The fraction of sp³-hybridized carbons (Fsp3) is 0.476. The van der Waals surface area contributed by atoms with Gasteiger partial charge in [-0.05, 0) is 37.1 Å². The highest BCUT2D eigenvalue weighted by molar-refractivity contribution is 7.38. The molecule has 4 aromatic heterocycles. The third-order valence-corrected chi connectivity index (χ3v) is 9.12. The second-order valence-electron chi connectivity index (χ2n) is 9.19. The highest BCUT2D eigenvalue weighted by atomic mass is 31.1. The Balaban J connectivity index is 1.17. The molecule has 6 rings (SSSR count). The third-order valence-electron chi connectivity index (χ3n) is 6.86. The molecule has 6 N–H and O–H groups in total. The largest absolute Gasteiger partial charge is 0.697 e. The number of anilines is 2. The number of fused-ring (bicyclic) bond motifs is 3. The van der Waals surface area contributed by atoms with Crippen LogP contribution < -0.4 is 17.0 Å². The van der Waals surface area contributed by atoms with Gasteiger partial charge in [0.15, 0.2) is 23.5 Å². The van der Waals surface area contributed by atoms with Crippen molar-refractivity contribution in [2.75, 3.05) is 30.4 Å². The lowest BCUT2D eigenvalue weighted by molar-refractivity contribution is -0.0347. The van der Waals surface area contributed by atoms with Crippen molar-refractivity contribution >= 4 is 50.8 Å². The molecule has 2 saturated heterocycles. The van der Waals surface area contributed by atoms with Gasteiger partial charge in [0.2, 0.25) is 5.95 Å². The normalized spacial score (nSPS) is 27.4. The fourth-order valence-electron chi connectivity index (χ4n) is 4.95. The van der Waals surface area contributed by atoms with Crippen LogP contribution in [0.2, 0.25) is 0 Å². The first-order valence-electron chi connectivity index (χ1n) is 12.0. The molecule has 2 fully saturated rings. The van der Waals surface area contributed by atoms with Gasteiger partial charge in [0.05, 0.1) is 17.8 Å². The molecule has 15 nitrogen and oxygen atoms in total. The predicted octanol–water partition coefficient (Wildman–Crippen LogP) is 1.26. The van der Waals surface area contributed by atoms with Crippen molar-refractivity contribution in [3.8, 4) is 0 Å². The van der Waals surface area contributed by atoms with Gasteiger partial charge in [-0.25, -0.2) is 15.0 Å². The smallest absolute Gasteiger partial charge is 0.383 e. The van der Waals surface area contributed by atoms with Crippen molar-refractivity contribution < 1.29 is 23.5 Å². The number of hydrogen-bond donors (Lipinski definition) is 4. The summed E-state index contributed by atoms with van der Waals surface area (Å²) in [5.74, 6) is 0.480. The predicted molar refractivity (Wildman–Crippen MR) is 139 cm³/mol. The van der Waals surface area contributed by atoms with Crippen LogP contribution in [0.15, 0.2) is 29.7 Å². The molecule has 2 aliphatic heterocycles. The quantitative estimate of drug-likeness (QED) is 0.260. The van der Waals surface area contributed by atoms with Gasteiger partial charge in [-0.1, -0.05) is 0 Å². The molecule has 200 valence electrons. The molecule has 17 heteroatoms. The van der Waals surface area contributed by atoms with Crippen LogP contribution in [0.3, 0.4) is 0 Å². The van der Waals surface area contributed by atoms with Crippen molar-refractivity contribution in [3.63, 3.8) is 0 Å². The summed E-state index contributed by atoms with van der Waals surface area (Å²) >= 11 is 0. The first-order chi connectivity index (χ1) is 18.4. The molecule has 2 aliphatic rings. The number of nitrogens with zero attached hydrogens (tertiary/aromatic N) is 6. The molecule has 0 aromatic carbocycles. The summed E-state index contributed by atoms with van der Waals surface area (Å²) in [5, 5.41) is 11.8. The lowest BCUT2D eigenvalue weighted by Gasteiger charge is -2.19. The van der Waals surface area contributed by atoms with Gasteiger partial charge >= 0.3 is 8.25 Å². The molecule has 0 spiro atoms. The Morgan fingerprint density at radius 3 is 3.00 bits per heavy atom. The summed E-state index contributed by atoms with van der Waals surface area (Å²) in [6, 6.07) is 1.87. The van der Waals surface area contributed by atoms with E-state index in [2.05, 4.69) is 24.9 Å². The Hall–Kier alpha value is -3.06.